The Morgan fingerprint density at radius 3 is 2.88 bits per heavy atom. The lowest BCUT2D eigenvalue weighted by Gasteiger charge is -2.07. The van der Waals surface area contributed by atoms with E-state index in [1.54, 1.807) is 16.8 Å². The van der Waals surface area contributed by atoms with E-state index < -0.39 is 0 Å². The Morgan fingerprint density at radius 1 is 1.27 bits per heavy atom. The Balaban J connectivity index is 1.65. The highest BCUT2D eigenvalue weighted by Gasteiger charge is 2.19. The molecule has 7 heteroatoms. The summed E-state index contributed by atoms with van der Waals surface area (Å²) in [6.45, 7) is 5.48. The van der Waals surface area contributed by atoms with E-state index in [2.05, 4.69) is 15.7 Å². The van der Waals surface area contributed by atoms with Crippen molar-refractivity contribution in [2.75, 3.05) is 11.9 Å². The van der Waals surface area contributed by atoms with Gasteiger partial charge in [0.25, 0.3) is 11.8 Å². The minimum absolute atomic E-state index is 0.0658. The molecule has 134 valence electrons. The van der Waals surface area contributed by atoms with Gasteiger partial charge in [-0.1, -0.05) is 6.07 Å². The molecule has 2 aromatic heterocycles. The monoisotopic (exact) mass is 351 g/mol. The van der Waals surface area contributed by atoms with E-state index in [0.717, 1.165) is 23.9 Å². The highest BCUT2D eigenvalue weighted by atomic mass is 16.2. The number of anilines is 1. The van der Waals surface area contributed by atoms with E-state index in [0.29, 0.717) is 23.6 Å². The zero-order valence-corrected chi connectivity index (χ0v) is 14.8. The first kappa shape index (κ1) is 16.4. The fraction of sp³-hybridized carbons (Fsp3) is 0.316. The van der Waals surface area contributed by atoms with Gasteiger partial charge in [0.1, 0.15) is 5.69 Å². The molecular weight excluding hydrogens is 330 g/mol. The van der Waals surface area contributed by atoms with Gasteiger partial charge in [0.2, 0.25) is 0 Å². The summed E-state index contributed by atoms with van der Waals surface area (Å²) in [5.41, 5.74) is 2.09. The maximum Gasteiger partial charge on any atom is 0.267 e. The van der Waals surface area contributed by atoms with Crippen molar-refractivity contribution in [1.29, 1.82) is 0 Å². The molecule has 1 aliphatic heterocycles. The van der Waals surface area contributed by atoms with Crippen LogP contribution in [0.2, 0.25) is 0 Å². The Labute approximate surface area is 151 Å². The second-order valence-corrected chi connectivity index (χ2v) is 6.79. The summed E-state index contributed by atoms with van der Waals surface area (Å²) in [6.07, 6.45) is 2.71. The maximum absolute atomic E-state index is 12.6. The first-order chi connectivity index (χ1) is 12.5. The molecule has 0 radical (unpaired) electrons. The number of hydrogen-bond donors (Lipinski definition) is 2. The number of nitrogens with zero attached hydrogens (tertiary/aromatic N) is 3. The van der Waals surface area contributed by atoms with Crippen LogP contribution >= 0.6 is 0 Å². The van der Waals surface area contributed by atoms with Crippen LogP contribution in [0.15, 0.2) is 36.5 Å². The minimum atomic E-state index is -0.213. The largest absolute Gasteiger partial charge is 0.351 e. The van der Waals surface area contributed by atoms with Crippen LogP contribution in [0.4, 0.5) is 5.82 Å². The molecule has 2 amide bonds. The molecule has 0 atom stereocenters. The molecule has 0 fully saturated rings. The van der Waals surface area contributed by atoms with Gasteiger partial charge in [-0.25, -0.2) is 0 Å². The molecule has 3 aromatic rings. The number of fused-ring (bicyclic) bond motifs is 3. The number of benzene rings is 1. The first-order valence-electron chi connectivity index (χ1n) is 8.81. The number of nitrogens with one attached hydrogen (secondary N) is 2. The van der Waals surface area contributed by atoms with Crippen molar-refractivity contribution in [3.05, 3.63) is 47.8 Å². The van der Waals surface area contributed by atoms with E-state index in [1.165, 1.54) is 0 Å². The predicted molar refractivity (Wildman–Crippen MR) is 99.5 cm³/mol. The van der Waals surface area contributed by atoms with Crippen LogP contribution < -0.4 is 10.6 Å². The topological polar surface area (TPSA) is 81.0 Å². The normalized spacial score (nSPS) is 14.2. The van der Waals surface area contributed by atoms with Gasteiger partial charge in [0, 0.05) is 47.9 Å². The van der Waals surface area contributed by atoms with E-state index in [9.17, 15) is 9.59 Å². The minimum Gasteiger partial charge on any atom is -0.351 e. The Hall–Kier alpha value is -3.09. The van der Waals surface area contributed by atoms with Crippen molar-refractivity contribution in [2.45, 2.75) is 32.9 Å². The number of rotatable bonds is 3. The number of aromatic nitrogens is 3. The van der Waals surface area contributed by atoms with Gasteiger partial charge in [0.05, 0.1) is 0 Å². The zero-order chi connectivity index (χ0) is 18.3. The van der Waals surface area contributed by atoms with Gasteiger partial charge in [-0.05, 0) is 38.5 Å². The summed E-state index contributed by atoms with van der Waals surface area (Å²) >= 11 is 0. The van der Waals surface area contributed by atoms with Crippen molar-refractivity contribution >= 4 is 28.5 Å². The van der Waals surface area contributed by atoms with Crippen molar-refractivity contribution in [3.8, 4) is 0 Å². The smallest absolute Gasteiger partial charge is 0.267 e. The second-order valence-electron chi connectivity index (χ2n) is 6.79. The molecule has 0 aliphatic carbocycles. The number of carbonyl (C=O) groups is 2. The molecule has 3 heterocycles. The molecule has 0 saturated carbocycles. The van der Waals surface area contributed by atoms with Crippen molar-refractivity contribution < 1.29 is 9.59 Å². The van der Waals surface area contributed by atoms with Crippen LogP contribution in [-0.4, -0.2) is 32.7 Å². The number of carbonyl (C=O) groups excluding carboxylic acids is 2. The summed E-state index contributed by atoms with van der Waals surface area (Å²) < 4.78 is 3.78. The van der Waals surface area contributed by atoms with Crippen molar-refractivity contribution in [3.63, 3.8) is 0 Å². The third kappa shape index (κ3) is 2.85. The van der Waals surface area contributed by atoms with Crippen LogP contribution in [0.25, 0.3) is 10.9 Å². The Morgan fingerprint density at radius 2 is 2.12 bits per heavy atom. The summed E-state index contributed by atoms with van der Waals surface area (Å²) in [4.78, 5) is 24.8. The van der Waals surface area contributed by atoms with Gasteiger partial charge in [-0.2, -0.15) is 5.10 Å². The highest BCUT2D eigenvalue weighted by Crippen LogP contribution is 2.23. The standard InChI is InChI=1S/C19H21N5O2/c1-12(2)24-9-6-17(22-24)21-18(25)14-5-4-13-10-16-19(26)20-7-3-8-23(16)15(13)11-14/h4-6,9-12H,3,7-8H2,1-2H3,(H,20,26)(H,21,22,25). The predicted octanol–water partition coefficient (Wildman–Crippen LogP) is 2.80. The van der Waals surface area contributed by atoms with Gasteiger partial charge in [0.15, 0.2) is 5.82 Å². The molecule has 26 heavy (non-hydrogen) atoms. The molecule has 4 rings (SSSR count). The fourth-order valence-corrected chi connectivity index (χ4v) is 3.24. The Kier molecular flexibility index (Phi) is 3.99. The molecule has 7 nitrogen and oxygen atoms in total. The summed E-state index contributed by atoms with van der Waals surface area (Å²) in [7, 11) is 0. The molecule has 0 saturated heterocycles. The van der Waals surface area contributed by atoms with E-state index in [4.69, 9.17) is 0 Å². The molecule has 0 unspecified atom stereocenters. The average molecular weight is 351 g/mol. The molecule has 0 spiro atoms. The SMILES string of the molecule is CC(C)n1ccc(NC(=O)c2ccc3cc4n(c3c2)CCCNC4=O)n1. The van der Waals surface area contributed by atoms with Crippen LogP contribution in [0, 0.1) is 0 Å². The van der Waals surface area contributed by atoms with Crippen molar-refractivity contribution in [2.24, 2.45) is 0 Å². The van der Waals surface area contributed by atoms with Crippen LogP contribution in [0.1, 0.15) is 47.2 Å². The lowest BCUT2D eigenvalue weighted by Crippen LogP contribution is -2.22. The average Bonchev–Trinajstić information content (AvgIpc) is 3.18. The number of amides is 2. The zero-order valence-electron chi connectivity index (χ0n) is 14.8. The van der Waals surface area contributed by atoms with Crippen LogP contribution in [-0.2, 0) is 6.54 Å². The van der Waals surface area contributed by atoms with Crippen molar-refractivity contribution in [1.82, 2.24) is 19.7 Å². The van der Waals surface area contributed by atoms with E-state index >= 15 is 0 Å². The third-order valence-electron chi connectivity index (χ3n) is 4.62. The third-order valence-corrected chi connectivity index (χ3v) is 4.62. The molecule has 2 N–H and O–H groups in total. The van der Waals surface area contributed by atoms with Gasteiger partial charge >= 0.3 is 0 Å². The maximum atomic E-state index is 12.6. The molecule has 0 bridgehead atoms. The van der Waals surface area contributed by atoms with Crippen LogP contribution in [0.5, 0.6) is 0 Å². The first-order valence-corrected chi connectivity index (χ1v) is 8.81. The number of aryl methyl sites for hydroxylation is 1. The number of hydrogen-bond acceptors (Lipinski definition) is 3. The lowest BCUT2D eigenvalue weighted by atomic mass is 10.1. The summed E-state index contributed by atoms with van der Waals surface area (Å²) in [5, 5.41) is 11.0. The lowest BCUT2D eigenvalue weighted by molar-refractivity contribution is 0.0950. The fourth-order valence-electron chi connectivity index (χ4n) is 3.24. The highest BCUT2D eigenvalue weighted by molar-refractivity contribution is 6.07. The molecular formula is C19H21N5O2. The van der Waals surface area contributed by atoms with E-state index in [-0.39, 0.29) is 17.9 Å². The summed E-state index contributed by atoms with van der Waals surface area (Å²) in [5.74, 6) is 0.246. The van der Waals surface area contributed by atoms with E-state index in [1.807, 2.05) is 42.8 Å². The van der Waals surface area contributed by atoms with Crippen LogP contribution in [0.3, 0.4) is 0 Å². The van der Waals surface area contributed by atoms with Gasteiger partial charge in [-0.3, -0.25) is 14.3 Å². The van der Waals surface area contributed by atoms with Gasteiger partial charge in [-0.15, -0.1) is 0 Å². The second kappa shape index (κ2) is 6.33. The Bertz CT molecular complexity index is 999. The summed E-state index contributed by atoms with van der Waals surface area (Å²) in [6, 6.07) is 9.39. The molecule has 1 aliphatic rings. The van der Waals surface area contributed by atoms with Gasteiger partial charge < -0.3 is 15.2 Å². The quantitative estimate of drug-likeness (QED) is 0.761. The molecule has 1 aromatic carbocycles.